The molecular weight excluding hydrogens is 500 g/mol. The molecule has 1 saturated heterocycles. The minimum absolute atomic E-state index is 0.133. The molecule has 0 aliphatic carbocycles. The van der Waals surface area contributed by atoms with Crippen LogP contribution in [0.2, 0.25) is 0 Å². The number of carboxylic acid groups (broad SMARTS) is 1. The molecule has 14 heteroatoms. The molecule has 2 aromatic heterocycles. The number of thiazole rings is 1. The molecule has 2 aliphatic heterocycles. The number of aliphatic carboxylic acids is 1. The van der Waals surface area contributed by atoms with E-state index in [0.717, 1.165) is 16.4 Å². The van der Waals surface area contributed by atoms with Crippen molar-refractivity contribution in [1.82, 2.24) is 15.2 Å². The van der Waals surface area contributed by atoms with Gasteiger partial charge in [0.1, 0.15) is 31.3 Å². The smallest absolute Gasteiger partial charge is 0.276 e. The normalized spacial score (nSPS) is 20.0. The monoisotopic (exact) mass is 520 g/mol. The zero-order valence-corrected chi connectivity index (χ0v) is 20.5. The van der Waals surface area contributed by atoms with Gasteiger partial charge in [0.05, 0.1) is 11.7 Å². The van der Waals surface area contributed by atoms with Gasteiger partial charge in [-0.3, -0.25) is 14.5 Å². The minimum Gasteiger partial charge on any atom is -0.543 e. The minimum atomic E-state index is -1.42. The molecule has 0 radical (unpaired) electrons. The molecule has 4 rings (SSSR count). The summed E-state index contributed by atoms with van der Waals surface area (Å²) in [6, 6.07) is 4.80. The van der Waals surface area contributed by atoms with Crippen molar-refractivity contribution in [1.29, 1.82) is 0 Å². The number of amides is 2. The zero-order valence-electron chi connectivity index (χ0n) is 18.1. The molecule has 2 aromatic rings. The second-order valence-electron chi connectivity index (χ2n) is 7.23. The van der Waals surface area contributed by atoms with E-state index >= 15 is 0 Å². The van der Waals surface area contributed by atoms with E-state index in [9.17, 15) is 19.5 Å². The van der Waals surface area contributed by atoms with E-state index in [1.54, 1.807) is 5.38 Å². The number of nitrogens with zero attached hydrogens (tertiary/aromatic N) is 4. The van der Waals surface area contributed by atoms with E-state index in [2.05, 4.69) is 15.5 Å². The summed E-state index contributed by atoms with van der Waals surface area (Å²) in [6.45, 7) is 0. The molecule has 0 aromatic carbocycles. The molecule has 3 N–H and O–H groups in total. The molecule has 11 nitrogen and oxygen atoms in total. The summed E-state index contributed by atoms with van der Waals surface area (Å²) in [4.78, 5) is 47.6. The number of rotatable bonds is 8. The van der Waals surface area contributed by atoms with Crippen molar-refractivity contribution in [2.45, 2.75) is 16.4 Å². The van der Waals surface area contributed by atoms with Crippen molar-refractivity contribution in [2.75, 3.05) is 24.3 Å². The fraction of sp³-hybridized carbons (Fsp3) is 0.300. The number of nitrogens with two attached hydrogens (primary N) is 1. The summed E-state index contributed by atoms with van der Waals surface area (Å²) in [7, 11) is 3.18. The number of oxime groups is 1. The van der Waals surface area contributed by atoms with Crippen LogP contribution >= 0.6 is 34.9 Å². The van der Waals surface area contributed by atoms with Crippen LogP contribution < -0.4 is 20.7 Å². The Kier molecular flexibility index (Phi) is 7.09. The van der Waals surface area contributed by atoms with Crippen LogP contribution in [0.15, 0.2) is 51.2 Å². The highest BCUT2D eigenvalue weighted by Gasteiger charge is 2.53. The van der Waals surface area contributed by atoms with Crippen molar-refractivity contribution in [3.05, 3.63) is 46.7 Å². The molecule has 0 unspecified atom stereocenters. The van der Waals surface area contributed by atoms with E-state index in [4.69, 9.17) is 10.6 Å². The quantitative estimate of drug-likeness (QED) is 0.148. The standard InChI is InChI=1S/C20H20N6O5S3/c1-25-6-4-3-5-12(25)32-7-10-8-33-18-14(17(28)26(18)15(10)19(29)30)23-16(27)13(24-31-2)11-9-34-20(21)22-11/h3-6,9,14,18H,7-8H2,1-2H3,(H3-,21,22,23,27,29,30)/b24-13-/t14-,18-/m1/s1. The Balaban J connectivity index is 1.50. The average Bonchev–Trinajstić information content (AvgIpc) is 3.25. The second kappa shape index (κ2) is 10.0. The molecular formula is C20H20N6O5S3. The molecule has 0 bridgehead atoms. The van der Waals surface area contributed by atoms with Crippen molar-refractivity contribution in [3.63, 3.8) is 0 Å². The molecule has 178 valence electrons. The first-order chi connectivity index (χ1) is 16.3. The van der Waals surface area contributed by atoms with Gasteiger partial charge in [-0.05, 0) is 11.6 Å². The number of carbonyl (C=O) groups excluding carboxylic acids is 3. The largest absolute Gasteiger partial charge is 0.543 e. The SMILES string of the molecule is CO/N=C(\C(=O)N[C@@H]1C(=O)N2C(C(=O)[O-])=C(CSc3cccc[n+]3C)CS[C@H]12)c1csc(N)n1. The van der Waals surface area contributed by atoms with E-state index in [1.165, 1.54) is 35.5 Å². The third-order valence-corrected chi connectivity index (χ3v) is 8.32. The van der Waals surface area contributed by atoms with Crippen LogP contribution in [0.4, 0.5) is 5.13 Å². The highest BCUT2D eigenvalue weighted by molar-refractivity contribution is 8.01. The topological polar surface area (TPSA) is 154 Å². The second-order valence-corrected chi connectivity index (χ2v) is 10.2. The summed E-state index contributed by atoms with van der Waals surface area (Å²) in [6.07, 6.45) is 1.90. The zero-order chi connectivity index (χ0) is 24.4. The first-order valence-electron chi connectivity index (χ1n) is 9.90. The Morgan fingerprint density at radius 1 is 1.47 bits per heavy atom. The van der Waals surface area contributed by atoms with Crippen molar-refractivity contribution < 1.29 is 28.9 Å². The molecule has 0 saturated carbocycles. The molecule has 1 fully saturated rings. The lowest BCUT2D eigenvalue weighted by Gasteiger charge is -2.50. The Hall–Kier alpha value is -3.10. The maximum atomic E-state index is 12.9. The van der Waals surface area contributed by atoms with Gasteiger partial charge in [-0.1, -0.05) is 16.9 Å². The molecule has 2 atom stereocenters. The van der Waals surface area contributed by atoms with Gasteiger partial charge in [0.25, 0.3) is 11.8 Å². The van der Waals surface area contributed by atoms with E-state index in [-0.39, 0.29) is 22.2 Å². The van der Waals surface area contributed by atoms with Crippen LogP contribution in [0.3, 0.4) is 0 Å². The predicted molar refractivity (Wildman–Crippen MR) is 125 cm³/mol. The van der Waals surface area contributed by atoms with Crippen molar-refractivity contribution in [2.24, 2.45) is 12.2 Å². The summed E-state index contributed by atoms with van der Waals surface area (Å²) in [5.41, 5.74) is 6.17. The van der Waals surface area contributed by atoms with Crippen LogP contribution in [0.1, 0.15) is 5.69 Å². The number of aryl methyl sites for hydroxylation is 1. The molecule has 4 heterocycles. The van der Waals surface area contributed by atoms with Gasteiger partial charge in [0.15, 0.2) is 17.0 Å². The van der Waals surface area contributed by atoms with Crippen LogP contribution in [0, 0.1) is 0 Å². The van der Waals surface area contributed by atoms with Gasteiger partial charge >= 0.3 is 0 Å². The number of aromatic nitrogens is 2. The summed E-state index contributed by atoms with van der Waals surface area (Å²) < 4.78 is 1.93. The summed E-state index contributed by atoms with van der Waals surface area (Å²) in [5, 5.41) is 20.5. The summed E-state index contributed by atoms with van der Waals surface area (Å²) >= 11 is 3.98. The maximum Gasteiger partial charge on any atom is 0.276 e. The number of carboxylic acids is 1. The Bertz CT molecular complexity index is 1210. The first kappa shape index (κ1) is 24.0. The van der Waals surface area contributed by atoms with Crippen molar-refractivity contribution in [3.8, 4) is 0 Å². The lowest BCUT2D eigenvalue weighted by atomic mass is 10.0. The van der Waals surface area contributed by atoms with Crippen molar-refractivity contribution >= 4 is 63.5 Å². The van der Waals surface area contributed by atoms with Gasteiger partial charge in [0.2, 0.25) is 5.03 Å². The highest BCUT2D eigenvalue weighted by Crippen LogP contribution is 2.41. The number of hydrogen-bond acceptors (Lipinski definition) is 11. The first-order valence-corrected chi connectivity index (χ1v) is 12.8. The van der Waals surface area contributed by atoms with E-state index in [1.807, 2.05) is 36.0 Å². The lowest BCUT2D eigenvalue weighted by molar-refractivity contribution is -0.708. The third kappa shape index (κ3) is 4.60. The number of anilines is 1. The highest BCUT2D eigenvalue weighted by atomic mass is 32.2. The van der Waals surface area contributed by atoms with Crippen LogP contribution in [0.25, 0.3) is 0 Å². The number of fused-ring (bicyclic) bond motifs is 1. The third-order valence-electron chi connectivity index (χ3n) is 5.09. The van der Waals surface area contributed by atoms with Gasteiger partial charge in [0, 0.05) is 29.0 Å². The van der Waals surface area contributed by atoms with E-state index < -0.39 is 29.2 Å². The molecule has 2 aliphatic rings. The number of carbonyl (C=O) groups is 3. The number of nitrogens with one attached hydrogen (secondary N) is 1. The molecule has 34 heavy (non-hydrogen) atoms. The van der Waals surface area contributed by atoms with Crippen LogP contribution in [-0.4, -0.2) is 63.4 Å². The Labute approximate surface area is 207 Å². The molecule has 0 spiro atoms. The Morgan fingerprint density at radius 3 is 2.91 bits per heavy atom. The van der Waals surface area contributed by atoms with Gasteiger partial charge < -0.3 is 25.8 Å². The summed E-state index contributed by atoms with van der Waals surface area (Å²) in [5.74, 6) is -1.86. The number of thioether (sulfide) groups is 2. The number of β-lactam (4-membered cyclic amide) rings is 1. The van der Waals surface area contributed by atoms with E-state index in [0.29, 0.717) is 17.1 Å². The molecule has 2 amide bonds. The maximum absolute atomic E-state index is 12.9. The number of hydrogen-bond donors (Lipinski definition) is 2. The van der Waals surface area contributed by atoms with Crippen LogP contribution in [-0.2, 0) is 26.3 Å². The average molecular weight is 521 g/mol. The number of nitrogen functional groups attached to an aromatic ring is 1. The fourth-order valence-corrected chi connectivity index (χ4v) is 6.53. The lowest BCUT2D eigenvalue weighted by Crippen LogP contribution is -2.71. The fourth-order valence-electron chi connectivity index (χ4n) is 3.50. The predicted octanol–water partition coefficient (Wildman–Crippen LogP) is -0.903. The van der Waals surface area contributed by atoms with Gasteiger partial charge in [-0.25, -0.2) is 4.98 Å². The van der Waals surface area contributed by atoms with Gasteiger partial charge in [-0.15, -0.1) is 23.1 Å². The number of pyridine rings is 1. The van der Waals surface area contributed by atoms with Crippen LogP contribution in [0.5, 0.6) is 0 Å². The van der Waals surface area contributed by atoms with Gasteiger partial charge in [-0.2, -0.15) is 4.57 Å². The Morgan fingerprint density at radius 2 is 2.26 bits per heavy atom.